The minimum Gasteiger partial charge on any atom is -0.385 e. The van der Waals surface area contributed by atoms with Crippen LogP contribution in [-0.2, 0) is 0 Å². The third kappa shape index (κ3) is 3.83. The van der Waals surface area contributed by atoms with Crippen molar-refractivity contribution in [2.75, 3.05) is 17.2 Å². The summed E-state index contributed by atoms with van der Waals surface area (Å²) in [7, 11) is 0. The number of anilines is 2. The second kappa shape index (κ2) is 6.90. The number of amides is 1. The molecule has 0 aliphatic carbocycles. The largest absolute Gasteiger partial charge is 0.385 e. The molecule has 0 saturated carbocycles. The molecule has 0 atom stereocenters. The van der Waals surface area contributed by atoms with E-state index in [0.717, 1.165) is 21.5 Å². The zero-order chi connectivity index (χ0) is 14.5. The Morgan fingerprint density at radius 1 is 1.35 bits per heavy atom. The molecule has 2 rings (SSSR count). The minimum absolute atomic E-state index is 0.245. The smallest absolute Gasteiger partial charge is 0.274 e. The van der Waals surface area contributed by atoms with E-state index in [1.54, 1.807) is 30.5 Å². The summed E-state index contributed by atoms with van der Waals surface area (Å²) in [5.74, 6) is -0.245. The van der Waals surface area contributed by atoms with Crippen LogP contribution in [-0.4, -0.2) is 17.4 Å². The molecule has 0 bridgehead atoms. The number of aromatic nitrogens is 1. The van der Waals surface area contributed by atoms with Crippen molar-refractivity contribution in [3.8, 4) is 0 Å². The summed E-state index contributed by atoms with van der Waals surface area (Å²) >= 11 is 8.01. The van der Waals surface area contributed by atoms with E-state index in [2.05, 4.69) is 38.2 Å². The van der Waals surface area contributed by atoms with Crippen LogP contribution in [0.15, 0.2) is 36.5 Å². The van der Waals surface area contributed by atoms with Crippen molar-refractivity contribution in [1.29, 1.82) is 0 Å². The summed E-state index contributed by atoms with van der Waals surface area (Å²) in [5.41, 5.74) is 1.96. The van der Waals surface area contributed by atoms with Crippen LogP contribution in [0.1, 0.15) is 17.4 Å². The van der Waals surface area contributed by atoms with Crippen LogP contribution in [0, 0.1) is 3.57 Å². The second-order valence-electron chi connectivity index (χ2n) is 4.04. The zero-order valence-electron chi connectivity index (χ0n) is 10.8. The highest BCUT2D eigenvalue weighted by atomic mass is 127. The van der Waals surface area contributed by atoms with Gasteiger partial charge in [-0.2, -0.15) is 0 Å². The summed E-state index contributed by atoms with van der Waals surface area (Å²) < 4.78 is 0.881. The summed E-state index contributed by atoms with van der Waals surface area (Å²) in [5, 5.41) is 6.61. The van der Waals surface area contributed by atoms with Crippen LogP contribution in [0.5, 0.6) is 0 Å². The average Bonchev–Trinajstić information content (AvgIpc) is 2.42. The monoisotopic (exact) mass is 401 g/mol. The average molecular weight is 402 g/mol. The van der Waals surface area contributed by atoms with Crippen LogP contribution in [0.2, 0.25) is 5.02 Å². The maximum atomic E-state index is 12.2. The first-order valence-corrected chi connectivity index (χ1v) is 7.52. The SMILES string of the molecule is CCNc1ccnc(C(=O)Nc2ccc(Cl)cc2I)c1. The van der Waals surface area contributed by atoms with Crippen molar-refractivity contribution in [3.63, 3.8) is 0 Å². The molecule has 0 fully saturated rings. The Morgan fingerprint density at radius 3 is 2.85 bits per heavy atom. The first-order valence-electron chi connectivity index (χ1n) is 6.06. The molecule has 0 radical (unpaired) electrons. The number of benzene rings is 1. The summed E-state index contributed by atoms with van der Waals surface area (Å²) in [6.45, 7) is 2.79. The van der Waals surface area contributed by atoms with Gasteiger partial charge in [-0.1, -0.05) is 11.6 Å². The van der Waals surface area contributed by atoms with Gasteiger partial charge in [0.1, 0.15) is 5.69 Å². The molecule has 1 heterocycles. The molecule has 0 saturated heterocycles. The molecule has 104 valence electrons. The molecule has 20 heavy (non-hydrogen) atoms. The minimum atomic E-state index is -0.245. The normalized spacial score (nSPS) is 10.2. The van der Waals surface area contributed by atoms with E-state index in [1.807, 2.05) is 13.0 Å². The third-order valence-electron chi connectivity index (χ3n) is 2.55. The topological polar surface area (TPSA) is 54.0 Å². The molecule has 0 unspecified atom stereocenters. The Bertz CT molecular complexity index is 634. The van der Waals surface area contributed by atoms with Gasteiger partial charge in [0.2, 0.25) is 0 Å². The molecule has 1 aromatic heterocycles. The van der Waals surface area contributed by atoms with E-state index in [1.165, 1.54) is 0 Å². The predicted octanol–water partition coefficient (Wildman–Crippen LogP) is 4.02. The number of nitrogens with one attached hydrogen (secondary N) is 2. The van der Waals surface area contributed by atoms with Gasteiger partial charge < -0.3 is 10.6 Å². The highest BCUT2D eigenvalue weighted by molar-refractivity contribution is 14.1. The van der Waals surface area contributed by atoms with Crippen LogP contribution in [0.4, 0.5) is 11.4 Å². The molecule has 0 spiro atoms. The number of pyridine rings is 1. The molecule has 0 aliphatic rings. The number of halogens is 2. The second-order valence-corrected chi connectivity index (χ2v) is 5.64. The third-order valence-corrected chi connectivity index (χ3v) is 3.68. The lowest BCUT2D eigenvalue weighted by Gasteiger charge is -2.08. The summed E-state index contributed by atoms with van der Waals surface area (Å²) in [6, 6.07) is 8.85. The molecular weight excluding hydrogens is 389 g/mol. The Balaban J connectivity index is 2.17. The fraction of sp³-hybridized carbons (Fsp3) is 0.143. The number of carbonyl (C=O) groups excluding carboxylic acids is 1. The standard InChI is InChI=1S/C14H13ClIN3O/c1-2-17-10-5-6-18-13(8-10)14(20)19-12-4-3-9(15)7-11(12)16/h3-8H,2H2,1H3,(H,17,18)(H,19,20). The molecule has 1 aromatic carbocycles. The fourth-order valence-electron chi connectivity index (χ4n) is 1.65. The molecule has 2 N–H and O–H groups in total. The lowest BCUT2D eigenvalue weighted by Crippen LogP contribution is -2.14. The summed E-state index contributed by atoms with van der Waals surface area (Å²) in [4.78, 5) is 16.3. The number of carbonyl (C=O) groups is 1. The quantitative estimate of drug-likeness (QED) is 0.761. The Kier molecular flexibility index (Phi) is 5.19. The van der Waals surface area contributed by atoms with Gasteiger partial charge in [-0.05, 0) is 59.8 Å². The lowest BCUT2D eigenvalue weighted by molar-refractivity contribution is 0.102. The van der Waals surface area contributed by atoms with Crippen molar-refractivity contribution < 1.29 is 4.79 Å². The molecular formula is C14H13ClIN3O. The van der Waals surface area contributed by atoms with Gasteiger partial charge in [-0.3, -0.25) is 9.78 Å². The Morgan fingerprint density at radius 2 is 2.15 bits per heavy atom. The lowest BCUT2D eigenvalue weighted by atomic mass is 10.2. The van der Waals surface area contributed by atoms with Crippen molar-refractivity contribution in [2.24, 2.45) is 0 Å². The van der Waals surface area contributed by atoms with E-state index in [-0.39, 0.29) is 5.91 Å². The van der Waals surface area contributed by atoms with E-state index in [9.17, 15) is 4.79 Å². The Labute approximate surface area is 136 Å². The van der Waals surface area contributed by atoms with Gasteiger partial charge in [0.25, 0.3) is 5.91 Å². The van der Waals surface area contributed by atoms with Gasteiger partial charge in [0, 0.05) is 27.0 Å². The van der Waals surface area contributed by atoms with Crippen LogP contribution < -0.4 is 10.6 Å². The van der Waals surface area contributed by atoms with Crippen molar-refractivity contribution in [2.45, 2.75) is 6.92 Å². The van der Waals surface area contributed by atoms with Crippen molar-refractivity contribution in [1.82, 2.24) is 4.98 Å². The maximum absolute atomic E-state index is 12.2. The van der Waals surface area contributed by atoms with E-state index >= 15 is 0 Å². The molecule has 0 aliphatic heterocycles. The molecule has 4 nitrogen and oxygen atoms in total. The summed E-state index contributed by atoms with van der Waals surface area (Å²) in [6.07, 6.45) is 1.61. The van der Waals surface area contributed by atoms with Crippen molar-refractivity contribution >= 4 is 51.5 Å². The van der Waals surface area contributed by atoms with Crippen LogP contribution in [0.3, 0.4) is 0 Å². The maximum Gasteiger partial charge on any atom is 0.274 e. The highest BCUT2D eigenvalue weighted by Gasteiger charge is 2.10. The van der Waals surface area contributed by atoms with Crippen molar-refractivity contribution in [3.05, 3.63) is 50.8 Å². The number of hydrogen-bond acceptors (Lipinski definition) is 3. The highest BCUT2D eigenvalue weighted by Crippen LogP contribution is 2.22. The molecule has 2 aromatic rings. The van der Waals surface area contributed by atoms with Crippen LogP contribution in [0.25, 0.3) is 0 Å². The van der Waals surface area contributed by atoms with Gasteiger partial charge in [0.15, 0.2) is 0 Å². The van der Waals surface area contributed by atoms with Gasteiger partial charge >= 0.3 is 0 Å². The van der Waals surface area contributed by atoms with Gasteiger partial charge in [-0.25, -0.2) is 0 Å². The van der Waals surface area contributed by atoms with Gasteiger partial charge in [0.05, 0.1) is 5.69 Å². The Hall–Kier alpha value is -1.34. The van der Waals surface area contributed by atoms with E-state index in [0.29, 0.717) is 10.7 Å². The van der Waals surface area contributed by atoms with E-state index < -0.39 is 0 Å². The number of hydrogen-bond donors (Lipinski definition) is 2. The zero-order valence-corrected chi connectivity index (χ0v) is 13.7. The molecule has 1 amide bonds. The predicted molar refractivity (Wildman–Crippen MR) is 90.5 cm³/mol. The fourth-order valence-corrected chi connectivity index (χ4v) is 2.65. The molecule has 6 heteroatoms. The first-order chi connectivity index (χ1) is 9.60. The number of nitrogens with zero attached hydrogens (tertiary/aromatic N) is 1. The first kappa shape index (κ1) is 15.1. The van der Waals surface area contributed by atoms with Crippen LogP contribution >= 0.6 is 34.2 Å². The number of rotatable bonds is 4. The van der Waals surface area contributed by atoms with Gasteiger partial charge in [-0.15, -0.1) is 0 Å². The van der Waals surface area contributed by atoms with E-state index in [4.69, 9.17) is 11.6 Å².